The highest BCUT2D eigenvalue weighted by molar-refractivity contribution is 14.0. The third kappa shape index (κ3) is 5.49. The van der Waals surface area contributed by atoms with Crippen LogP contribution in [0.2, 0.25) is 0 Å². The molecule has 0 spiro atoms. The summed E-state index contributed by atoms with van der Waals surface area (Å²) in [7, 11) is 1.85. The van der Waals surface area contributed by atoms with Gasteiger partial charge in [0.15, 0.2) is 23.1 Å². The number of aliphatic imine (C=N–C) groups is 1. The molecule has 2 aromatic heterocycles. The molecule has 2 aliphatic rings. The van der Waals surface area contributed by atoms with E-state index in [-0.39, 0.29) is 24.0 Å². The second-order valence-corrected chi connectivity index (χ2v) is 8.07. The SMILES string of the molecule is CN=C(NCCCc1nnc2ccccn12)N1CCN(Cc2ccc3c(c2)OCO3)CC1.I. The van der Waals surface area contributed by atoms with Crippen molar-refractivity contribution < 1.29 is 9.47 Å². The van der Waals surface area contributed by atoms with Gasteiger partial charge in [-0.05, 0) is 36.2 Å². The zero-order chi connectivity index (χ0) is 21.8. The van der Waals surface area contributed by atoms with Gasteiger partial charge in [0.1, 0.15) is 5.82 Å². The molecule has 3 aromatic rings. The van der Waals surface area contributed by atoms with E-state index in [2.05, 4.69) is 42.4 Å². The minimum atomic E-state index is 0. The number of hydrogen-bond donors (Lipinski definition) is 1. The molecular weight excluding hydrogens is 533 g/mol. The summed E-state index contributed by atoms with van der Waals surface area (Å²) in [6, 6.07) is 12.2. The molecule has 5 rings (SSSR count). The molecule has 0 amide bonds. The lowest BCUT2D eigenvalue weighted by Gasteiger charge is -2.36. The van der Waals surface area contributed by atoms with Crippen molar-refractivity contribution in [1.29, 1.82) is 0 Å². The van der Waals surface area contributed by atoms with Crippen molar-refractivity contribution in [2.45, 2.75) is 19.4 Å². The second kappa shape index (κ2) is 11.0. The molecule has 1 saturated heterocycles. The van der Waals surface area contributed by atoms with E-state index >= 15 is 0 Å². The number of aryl methyl sites for hydroxylation is 1. The van der Waals surface area contributed by atoms with Gasteiger partial charge in [0, 0.05) is 58.9 Å². The Morgan fingerprint density at radius 3 is 2.76 bits per heavy atom. The maximum Gasteiger partial charge on any atom is 0.231 e. The molecule has 0 atom stereocenters. The number of halogens is 1. The number of benzene rings is 1. The highest BCUT2D eigenvalue weighted by atomic mass is 127. The number of guanidine groups is 1. The maximum absolute atomic E-state index is 5.50. The molecule has 2 aliphatic heterocycles. The Morgan fingerprint density at radius 2 is 1.91 bits per heavy atom. The Morgan fingerprint density at radius 1 is 1.06 bits per heavy atom. The predicted octanol–water partition coefficient (Wildman–Crippen LogP) is 2.40. The first-order valence-electron chi connectivity index (χ1n) is 11.2. The van der Waals surface area contributed by atoms with E-state index in [0.29, 0.717) is 6.79 Å². The first-order valence-corrected chi connectivity index (χ1v) is 11.2. The van der Waals surface area contributed by atoms with Crippen molar-refractivity contribution in [3.63, 3.8) is 0 Å². The summed E-state index contributed by atoms with van der Waals surface area (Å²) in [5.74, 6) is 3.66. The molecule has 0 radical (unpaired) electrons. The topological polar surface area (TPSA) is 79.5 Å². The van der Waals surface area contributed by atoms with Crippen LogP contribution in [0.1, 0.15) is 17.8 Å². The number of hydrogen-bond acceptors (Lipinski definition) is 6. The van der Waals surface area contributed by atoms with Crippen LogP contribution in [-0.4, -0.2) is 76.9 Å². The summed E-state index contributed by atoms with van der Waals surface area (Å²) < 4.78 is 13.0. The van der Waals surface area contributed by atoms with E-state index in [4.69, 9.17) is 9.47 Å². The number of fused-ring (bicyclic) bond motifs is 2. The molecule has 1 fully saturated rings. The molecule has 33 heavy (non-hydrogen) atoms. The molecule has 10 heteroatoms. The van der Waals surface area contributed by atoms with E-state index in [9.17, 15) is 0 Å². The Balaban J connectivity index is 0.00000259. The van der Waals surface area contributed by atoms with Gasteiger partial charge in [0.2, 0.25) is 6.79 Å². The fourth-order valence-corrected chi connectivity index (χ4v) is 4.26. The van der Waals surface area contributed by atoms with Gasteiger partial charge in [-0.3, -0.25) is 14.3 Å². The minimum Gasteiger partial charge on any atom is -0.454 e. The van der Waals surface area contributed by atoms with Crippen LogP contribution in [0.4, 0.5) is 0 Å². The fraction of sp³-hybridized carbons (Fsp3) is 0.435. The molecule has 1 N–H and O–H groups in total. The molecule has 4 heterocycles. The second-order valence-electron chi connectivity index (χ2n) is 8.07. The van der Waals surface area contributed by atoms with Crippen molar-refractivity contribution in [2.24, 2.45) is 4.99 Å². The number of rotatable bonds is 6. The molecule has 9 nitrogen and oxygen atoms in total. The van der Waals surface area contributed by atoms with E-state index in [0.717, 1.165) is 81.0 Å². The highest BCUT2D eigenvalue weighted by Gasteiger charge is 2.21. The zero-order valence-corrected chi connectivity index (χ0v) is 21.1. The lowest BCUT2D eigenvalue weighted by atomic mass is 10.1. The van der Waals surface area contributed by atoms with Gasteiger partial charge in [0.05, 0.1) is 0 Å². The largest absolute Gasteiger partial charge is 0.454 e. The van der Waals surface area contributed by atoms with Crippen molar-refractivity contribution in [3.8, 4) is 11.5 Å². The van der Waals surface area contributed by atoms with Gasteiger partial charge in [-0.1, -0.05) is 12.1 Å². The zero-order valence-electron chi connectivity index (χ0n) is 18.8. The quantitative estimate of drug-likeness (QED) is 0.214. The monoisotopic (exact) mass is 563 g/mol. The molecule has 0 saturated carbocycles. The molecule has 0 bridgehead atoms. The van der Waals surface area contributed by atoms with Crippen LogP contribution in [0.25, 0.3) is 5.65 Å². The number of ether oxygens (including phenoxy) is 2. The van der Waals surface area contributed by atoms with E-state index in [1.165, 1.54) is 5.56 Å². The van der Waals surface area contributed by atoms with Crippen molar-refractivity contribution in [3.05, 3.63) is 54.0 Å². The predicted molar refractivity (Wildman–Crippen MR) is 137 cm³/mol. The number of piperazine rings is 1. The Bertz CT molecular complexity index is 1100. The van der Waals surface area contributed by atoms with Crippen molar-refractivity contribution in [2.75, 3.05) is 46.6 Å². The number of pyridine rings is 1. The molecule has 1 aromatic carbocycles. The summed E-state index contributed by atoms with van der Waals surface area (Å²) in [6.45, 7) is 6.01. The maximum atomic E-state index is 5.50. The summed E-state index contributed by atoms with van der Waals surface area (Å²) in [6.07, 6.45) is 3.86. The summed E-state index contributed by atoms with van der Waals surface area (Å²) in [4.78, 5) is 9.30. The average molecular weight is 563 g/mol. The van der Waals surface area contributed by atoms with Gasteiger partial charge >= 0.3 is 0 Å². The molecule has 176 valence electrons. The van der Waals surface area contributed by atoms with Crippen LogP contribution in [0.15, 0.2) is 47.6 Å². The first-order chi connectivity index (χ1) is 15.8. The third-order valence-electron chi connectivity index (χ3n) is 5.97. The van der Waals surface area contributed by atoms with Gasteiger partial charge in [0.25, 0.3) is 0 Å². The fourth-order valence-electron chi connectivity index (χ4n) is 4.26. The van der Waals surface area contributed by atoms with Crippen LogP contribution in [0.3, 0.4) is 0 Å². The Hall–Kier alpha value is -2.60. The van der Waals surface area contributed by atoms with Gasteiger partial charge < -0.3 is 19.7 Å². The molecule has 0 unspecified atom stereocenters. The standard InChI is InChI=1S/C23H29N7O2.HI/c1-24-23(25-9-4-6-22-27-26-21-5-2-3-10-30(21)22)29-13-11-28(12-14-29)16-18-7-8-19-20(15-18)32-17-31-19;/h2-3,5,7-8,10,15H,4,6,9,11-14,16-17H2,1H3,(H,24,25);1H. The normalized spacial score (nSPS) is 16.2. The van der Waals surface area contributed by atoms with E-state index in [1.807, 2.05) is 41.9 Å². The van der Waals surface area contributed by atoms with Gasteiger partial charge in [-0.25, -0.2) is 0 Å². The van der Waals surface area contributed by atoms with Crippen LogP contribution in [0, 0.1) is 0 Å². The molecule has 0 aliphatic carbocycles. The minimum absolute atomic E-state index is 0. The summed E-state index contributed by atoms with van der Waals surface area (Å²) in [5, 5.41) is 12.0. The van der Waals surface area contributed by atoms with Crippen LogP contribution in [-0.2, 0) is 13.0 Å². The van der Waals surface area contributed by atoms with E-state index < -0.39 is 0 Å². The molecular formula is C23H30IN7O2. The Kier molecular flexibility index (Phi) is 7.86. The van der Waals surface area contributed by atoms with Gasteiger partial charge in [-0.15, -0.1) is 34.2 Å². The highest BCUT2D eigenvalue weighted by Crippen LogP contribution is 2.32. The average Bonchev–Trinajstić information content (AvgIpc) is 3.47. The number of nitrogens with zero attached hydrogens (tertiary/aromatic N) is 6. The smallest absolute Gasteiger partial charge is 0.231 e. The van der Waals surface area contributed by atoms with Crippen molar-refractivity contribution in [1.82, 2.24) is 29.7 Å². The van der Waals surface area contributed by atoms with Crippen molar-refractivity contribution >= 4 is 35.6 Å². The van der Waals surface area contributed by atoms with Crippen LogP contribution < -0.4 is 14.8 Å². The Labute approximate surface area is 210 Å². The van der Waals surface area contributed by atoms with Crippen LogP contribution >= 0.6 is 24.0 Å². The van der Waals surface area contributed by atoms with Gasteiger partial charge in [-0.2, -0.15) is 0 Å². The van der Waals surface area contributed by atoms with Crippen LogP contribution in [0.5, 0.6) is 11.5 Å². The van der Waals surface area contributed by atoms with E-state index in [1.54, 1.807) is 0 Å². The lowest BCUT2D eigenvalue weighted by Crippen LogP contribution is -2.52. The summed E-state index contributed by atoms with van der Waals surface area (Å²) >= 11 is 0. The number of aromatic nitrogens is 3. The number of nitrogens with one attached hydrogen (secondary N) is 1. The summed E-state index contributed by atoms with van der Waals surface area (Å²) in [5.41, 5.74) is 2.15. The lowest BCUT2D eigenvalue weighted by molar-refractivity contribution is 0.171. The first kappa shape index (κ1) is 23.6. The third-order valence-corrected chi connectivity index (χ3v) is 5.97.